The van der Waals surface area contributed by atoms with Crippen molar-refractivity contribution in [3.8, 4) is 5.75 Å². The number of carbonyl (C=O) groups excluding carboxylic acids is 1. The van der Waals surface area contributed by atoms with Crippen molar-refractivity contribution in [3.05, 3.63) is 72.1 Å². The number of fused-ring (bicyclic) bond motifs is 1. The number of amides is 1. The van der Waals surface area contributed by atoms with Gasteiger partial charge < -0.3 is 9.64 Å². The molecule has 1 fully saturated rings. The largest absolute Gasteiger partial charge is 0.497 e. The molecule has 0 saturated carbocycles. The smallest absolute Gasteiger partial charge is 0.273 e. The number of hydrogen-bond acceptors (Lipinski definition) is 4. The number of ether oxygens (including phenoxy) is 1. The number of methoxy groups -OCH3 is 1. The summed E-state index contributed by atoms with van der Waals surface area (Å²) in [5, 5.41) is 1.97. The first kappa shape index (κ1) is 17.5. The van der Waals surface area contributed by atoms with Gasteiger partial charge in [-0.05, 0) is 29.1 Å². The SMILES string of the molecule is COc1cccc(CN2CCN(C(=O)c3nccc4ccccc34)CC2)c1. The molecule has 5 nitrogen and oxygen atoms in total. The first-order chi connectivity index (χ1) is 13.2. The summed E-state index contributed by atoms with van der Waals surface area (Å²) < 4.78 is 5.30. The minimum absolute atomic E-state index is 0.0211. The van der Waals surface area contributed by atoms with Crippen molar-refractivity contribution < 1.29 is 9.53 Å². The predicted octanol–water partition coefficient (Wildman–Crippen LogP) is 3.20. The third kappa shape index (κ3) is 3.78. The molecule has 0 atom stereocenters. The molecule has 2 heterocycles. The molecule has 0 N–H and O–H groups in total. The van der Waals surface area contributed by atoms with Crippen LogP contribution < -0.4 is 4.74 Å². The van der Waals surface area contributed by atoms with Crippen LogP contribution >= 0.6 is 0 Å². The summed E-state index contributed by atoms with van der Waals surface area (Å²) in [5.41, 5.74) is 1.78. The second kappa shape index (κ2) is 7.76. The van der Waals surface area contributed by atoms with Crippen molar-refractivity contribution in [2.24, 2.45) is 0 Å². The van der Waals surface area contributed by atoms with Crippen molar-refractivity contribution >= 4 is 16.7 Å². The number of nitrogens with zero attached hydrogens (tertiary/aromatic N) is 3. The van der Waals surface area contributed by atoms with E-state index in [4.69, 9.17) is 4.74 Å². The molecule has 0 bridgehead atoms. The standard InChI is InChI=1S/C22H23N3O2/c1-27-19-7-4-5-17(15-19)16-24-11-13-25(14-12-24)22(26)21-20-8-3-2-6-18(20)9-10-23-21/h2-10,15H,11-14,16H2,1H3. The maximum atomic E-state index is 13.0. The molecule has 0 unspecified atom stereocenters. The molecule has 5 heteroatoms. The molecular weight excluding hydrogens is 338 g/mol. The minimum atomic E-state index is 0.0211. The number of carbonyl (C=O) groups is 1. The first-order valence-electron chi connectivity index (χ1n) is 9.23. The summed E-state index contributed by atoms with van der Waals surface area (Å²) in [6.07, 6.45) is 1.72. The highest BCUT2D eigenvalue weighted by Gasteiger charge is 2.24. The van der Waals surface area contributed by atoms with Crippen LogP contribution in [0.5, 0.6) is 5.75 Å². The first-order valence-corrected chi connectivity index (χ1v) is 9.23. The normalized spacial score (nSPS) is 15.1. The van der Waals surface area contributed by atoms with E-state index in [0.717, 1.165) is 36.2 Å². The topological polar surface area (TPSA) is 45.7 Å². The van der Waals surface area contributed by atoms with Crippen LogP contribution in [-0.4, -0.2) is 54.0 Å². The van der Waals surface area contributed by atoms with E-state index in [9.17, 15) is 4.79 Å². The third-order valence-corrected chi connectivity index (χ3v) is 5.08. The molecule has 1 aliphatic heterocycles. The average molecular weight is 361 g/mol. The quantitative estimate of drug-likeness (QED) is 0.716. The van der Waals surface area contributed by atoms with Gasteiger partial charge in [-0.3, -0.25) is 14.7 Å². The van der Waals surface area contributed by atoms with E-state index in [1.54, 1.807) is 13.3 Å². The zero-order valence-corrected chi connectivity index (χ0v) is 15.5. The lowest BCUT2D eigenvalue weighted by atomic mass is 10.1. The Morgan fingerprint density at radius 1 is 1.04 bits per heavy atom. The number of hydrogen-bond donors (Lipinski definition) is 0. The molecule has 1 aromatic heterocycles. The van der Waals surface area contributed by atoms with Crippen molar-refractivity contribution in [1.82, 2.24) is 14.8 Å². The molecule has 0 aliphatic carbocycles. The number of pyridine rings is 1. The summed E-state index contributed by atoms with van der Waals surface area (Å²) in [6, 6.07) is 18.0. The van der Waals surface area contributed by atoms with Gasteiger partial charge in [0.1, 0.15) is 11.4 Å². The van der Waals surface area contributed by atoms with E-state index < -0.39 is 0 Å². The molecule has 27 heavy (non-hydrogen) atoms. The zero-order chi connectivity index (χ0) is 18.6. The van der Waals surface area contributed by atoms with Gasteiger partial charge in [-0.1, -0.05) is 36.4 Å². The predicted molar refractivity (Wildman–Crippen MR) is 106 cm³/mol. The summed E-state index contributed by atoms with van der Waals surface area (Å²) in [6.45, 7) is 4.01. The second-order valence-corrected chi connectivity index (χ2v) is 6.80. The molecule has 3 aromatic rings. The Morgan fingerprint density at radius 3 is 2.67 bits per heavy atom. The van der Waals surface area contributed by atoms with Crippen LogP contribution in [0.15, 0.2) is 60.8 Å². The van der Waals surface area contributed by atoms with Gasteiger partial charge in [0, 0.05) is 44.3 Å². The van der Waals surface area contributed by atoms with Crippen LogP contribution in [0.1, 0.15) is 16.1 Å². The number of benzene rings is 2. The van der Waals surface area contributed by atoms with Crippen LogP contribution in [0.2, 0.25) is 0 Å². The van der Waals surface area contributed by atoms with E-state index in [0.29, 0.717) is 18.8 Å². The van der Waals surface area contributed by atoms with E-state index in [1.165, 1.54) is 5.56 Å². The Kier molecular flexibility index (Phi) is 5.03. The van der Waals surface area contributed by atoms with Gasteiger partial charge in [0.15, 0.2) is 0 Å². The van der Waals surface area contributed by atoms with Gasteiger partial charge in [0.25, 0.3) is 5.91 Å². The van der Waals surface area contributed by atoms with Gasteiger partial charge in [-0.25, -0.2) is 0 Å². The lowest BCUT2D eigenvalue weighted by Gasteiger charge is -2.34. The van der Waals surface area contributed by atoms with Crippen LogP contribution in [0, 0.1) is 0 Å². The molecule has 1 saturated heterocycles. The molecule has 4 rings (SSSR count). The highest BCUT2D eigenvalue weighted by atomic mass is 16.5. The highest BCUT2D eigenvalue weighted by Crippen LogP contribution is 2.19. The Bertz CT molecular complexity index is 944. The Balaban J connectivity index is 1.42. The van der Waals surface area contributed by atoms with Crippen molar-refractivity contribution in [2.75, 3.05) is 33.3 Å². The molecule has 2 aromatic carbocycles. The average Bonchev–Trinajstić information content (AvgIpc) is 2.73. The Labute approximate surface area is 159 Å². The fourth-order valence-electron chi connectivity index (χ4n) is 3.58. The fourth-order valence-corrected chi connectivity index (χ4v) is 3.58. The summed E-state index contributed by atoms with van der Waals surface area (Å²) in [5.74, 6) is 0.899. The summed E-state index contributed by atoms with van der Waals surface area (Å²) in [7, 11) is 1.69. The molecule has 1 aliphatic rings. The summed E-state index contributed by atoms with van der Waals surface area (Å²) >= 11 is 0. The highest BCUT2D eigenvalue weighted by molar-refractivity contribution is 6.05. The second-order valence-electron chi connectivity index (χ2n) is 6.80. The van der Waals surface area contributed by atoms with Gasteiger partial charge in [0.05, 0.1) is 7.11 Å². The lowest BCUT2D eigenvalue weighted by Crippen LogP contribution is -2.48. The molecular formula is C22H23N3O2. The molecule has 0 radical (unpaired) electrons. The summed E-state index contributed by atoms with van der Waals surface area (Å²) in [4.78, 5) is 21.6. The number of rotatable bonds is 4. The number of aromatic nitrogens is 1. The van der Waals surface area contributed by atoms with Gasteiger partial charge in [0.2, 0.25) is 0 Å². The van der Waals surface area contributed by atoms with Crippen LogP contribution in [0.25, 0.3) is 10.8 Å². The zero-order valence-electron chi connectivity index (χ0n) is 15.5. The van der Waals surface area contributed by atoms with Crippen LogP contribution in [-0.2, 0) is 6.54 Å². The Morgan fingerprint density at radius 2 is 1.85 bits per heavy atom. The van der Waals surface area contributed by atoms with Crippen LogP contribution in [0.3, 0.4) is 0 Å². The van der Waals surface area contributed by atoms with Gasteiger partial charge in [-0.15, -0.1) is 0 Å². The van der Waals surface area contributed by atoms with Crippen molar-refractivity contribution in [1.29, 1.82) is 0 Å². The van der Waals surface area contributed by atoms with Gasteiger partial charge >= 0.3 is 0 Å². The molecule has 138 valence electrons. The maximum absolute atomic E-state index is 13.0. The van der Waals surface area contributed by atoms with Gasteiger partial charge in [-0.2, -0.15) is 0 Å². The minimum Gasteiger partial charge on any atom is -0.497 e. The van der Waals surface area contributed by atoms with E-state index in [2.05, 4.69) is 22.0 Å². The monoisotopic (exact) mass is 361 g/mol. The van der Waals surface area contributed by atoms with Crippen molar-refractivity contribution in [3.63, 3.8) is 0 Å². The van der Waals surface area contributed by atoms with Crippen molar-refractivity contribution in [2.45, 2.75) is 6.54 Å². The van der Waals surface area contributed by atoms with E-state index in [-0.39, 0.29) is 5.91 Å². The molecule has 1 amide bonds. The fraction of sp³-hybridized carbons (Fsp3) is 0.273. The molecule has 0 spiro atoms. The maximum Gasteiger partial charge on any atom is 0.273 e. The number of piperazine rings is 1. The van der Waals surface area contributed by atoms with E-state index in [1.807, 2.05) is 47.4 Å². The Hall–Kier alpha value is -2.92. The lowest BCUT2D eigenvalue weighted by molar-refractivity contribution is 0.0625. The van der Waals surface area contributed by atoms with E-state index >= 15 is 0 Å². The van der Waals surface area contributed by atoms with Crippen LogP contribution in [0.4, 0.5) is 0 Å². The third-order valence-electron chi connectivity index (χ3n) is 5.08.